The molecule has 5 nitrogen and oxygen atoms in total. The molecule has 4 rings (SSSR count). The molecule has 1 aromatic heterocycles. The molecule has 0 radical (unpaired) electrons. The summed E-state index contributed by atoms with van der Waals surface area (Å²) in [5.74, 6) is 1.39. The molecule has 1 amide bonds. The van der Waals surface area contributed by atoms with Gasteiger partial charge in [0.2, 0.25) is 0 Å². The topological polar surface area (TPSA) is 58.2 Å². The fraction of sp³-hybridized carbons (Fsp3) is 0.545. The van der Waals surface area contributed by atoms with E-state index in [0.717, 1.165) is 34.4 Å². The van der Waals surface area contributed by atoms with Gasteiger partial charge >= 0.3 is 6.09 Å². The zero-order valence-corrected chi connectivity index (χ0v) is 18.3. The summed E-state index contributed by atoms with van der Waals surface area (Å²) in [4.78, 5) is 23.2. The van der Waals surface area contributed by atoms with Gasteiger partial charge in [0.25, 0.3) is 0 Å². The van der Waals surface area contributed by atoms with Crippen LogP contribution in [0.25, 0.3) is 11.3 Å². The third-order valence-corrected chi connectivity index (χ3v) is 6.29. The lowest BCUT2D eigenvalue weighted by atomic mass is 9.85. The molecule has 0 spiro atoms. The van der Waals surface area contributed by atoms with Crippen LogP contribution in [-0.4, -0.2) is 32.6 Å². The number of hydrogen-bond donors (Lipinski definition) is 1. The smallest absolute Gasteiger partial charge is 0.411 e. The zero-order chi connectivity index (χ0) is 19.9. The van der Waals surface area contributed by atoms with E-state index in [2.05, 4.69) is 38.0 Å². The Morgan fingerprint density at radius 2 is 1.93 bits per heavy atom. The van der Waals surface area contributed by atoms with Crippen LogP contribution in [0.5, 0.6) is 0 Å². The van der Waals surface area contributed by atoms with Crippen molar-refractivity contribution in [3.05, 3.63) is 40.8 Å². The summed E-state index contributed by atoms with van der Waals surface area (Å²) in [5.41, 5.74) is 1.56. The monoisotopic (exact) mass is 445 g/mol. The first-order valence-corrected chi connectivity index (χ1v) is 10.9. The van der Waals surface area contributed by atoms with E-state index < -0.39 is 5.60 Å². The lowest BCUT2D eigenvalue weighted by molar-refractivity contribution is 0.00952. The van der Waals surface area contributed by atoms with Crippen molar-refractivity contribution in [2.45, 2.75) is 70.6 Å². The van der Waals surface area contributed by atoms with Crippen molar-refractivity contribution in [3.8, 4) is 11.3 Å². The summed E-state index contributed by atoms with van der Waals surface area (Å²) in [7, 11) is 0. The normalized spacial score (nSPS) is 24.9. The second-order valence-electron chi connectivity index (χ2n) is 8.94. The highest BCUT2D eigenvalue weighted by atomic mass is 79.9. The van der Waals surface area contributed by atoms with Gasteiger partial charge in [-0.2, -0.15) is 0 Å². The molecule has 1 saturated heterocycles. The van der Waals surface area contributed by atoms with Crippen molar-refractivity contribution in [1.82, 2.24) is 14.9 Å². The van der Waals surface area contributed by atoms with Gasteiger partial charge in [0, 0.05) is 10.5 Å². The maximum Gasteiger partial charge on any atom is 0.411 e. The van der Waals surface area contributed by atoms with Gasteiger partial charge in [-0.05, 0) is 63.6 Å². The molecule has 1 aromatic carbocycles. The standard InChI is InChI=1S/C22H28BrN3O2/c1-22(2,3)28-21(27)26-18-7-5-4-6-15(18)12-19(26)20-24-13-17(25-20)14-8-10-16(23)11-9-14/h8-11,13,15,18-19H,4-7,12H2,1-3H3,(H,24,25)/t15?,18?,19-/m1/s1. The van der Waals surface area contributed by atoms with Gasteiger partial charge < -0.3 is 9.72 Å². The molecule has 2 fully saturated rings. The van der Waals surface area contributed by atoms with Crippen molar-refractivity contribution in [2.24, 2.45) is 5.92 Å². The van der Waals surface area contributed by atoms with Crippen LogP contribution in [0.1, 0.15) is 64.7 Å². The van der Waals surface area contributed by atoms with Crippen LogP contribution in [0.3, 0.4) is 0 Å². The number of benzene rings is 1. The van der Waals surface area contributed by atoms with Crippen LogP contribution in [0, 0.1) is 5.92 Å². The molecule has 150 valence electrons. The fourth-order valence-corrected chi connectivity index (χ4v) is 4.83. The minimum absolute atomic E-state index is 0.0489. The molecule has 2 heterocycles. The number of nitrogens with zero attached hydrogens (tertiary/aromatic N) is 2. The zero-order valence-electron chi connectivity index (χ0n) is 16.7. The van der Waals surface area contributed by atoms with Crippen molar-refractivity contribution in [3.63, 3.8) is 0 Å². The summed E-state index contributed by atoms with van der Waals surface area (Å²) in [6.07, 6.45) is 7.27. The molecule has 1 saturated carbocycles. The number of likely N-dealkylation sites (tertiary alicyclic amines) is 1. The Kier molecular flexibility index (Phi) is 5.25. The Balaban J connectivity index is 1.62. The minimum Gasteiger partial charge on any atom is -0.444 e. The molecule has 3 atom stereocenters. The summed E-state index contributed by atoms with van der Waals surface area (Å²) in [6.45, 7) is 5.77. The highest BCUT2D eigenvalue weighted by molar-refractivity contribution is 9.10. The SMILES string of the molecule is CC(C)(C)OC(=O)N1C2CCCCC2C[C@@H]1c1ncc(-c2ccc(Br)cc2)[nH]1. The Bertz CT molecular complexity index is 840. The number of carbonyl (C=O) groups is 1. The molecule has 2 aliphatic rings. The average Bonchev–Trinajstić information content (AvgIpc) is 3.25. The number of ether oxygens (including phenoxy) is 1. The molecule has 28 heavy (non-hydrogen) atoms. The Morgan fingerprint density at radius 1 is 1.21 bits per heavy atom. The van der Waals surface area contributed by atoms with Crippen LogP contribution >= 0.6 is 15.9 Å². The number of hydrogen-bond acceptors (Lipinski definition) is 3. The van der Waals surface area contributed by atoms with Crippen molar-refractivity contribution >= 4 is 22.0 Å². The number of amides is 1. The summed E-state index contributed by atoms with van der Waals surface area (Å²) in [5, 5.41) is 0. The number of imidazole rings is 1. The van der Waals surface area contributed by atoms with E-state index in [4.69, 9.17) is 4.74 Å². The Morgan fingerprint density at radius 3 is 2.64 bits per heavy atom. The van der Waals surface area contributed by atoms with Gasteiger partial charge in [0.1, 0.15) is 11.4 Å². The lowest BCUT2D eigenvalue weighted by Gasteiger charge is -2.34. The fourth-order valence-electron chi connectivity index (χ4n) is 4.56. The molecule has 1 N–H and O–H groups in total. The van der Waals surface area contributed by atoms with Crippen molar-refractivity contribution in [2.75, 3.05) is 0 Å². The van der Waals surface area contributed by atoms with Gasteiger partial charge in [-0.15, -0.1) is 0 Å². The van der Waals surface area contributed by atoms with Crippen molar-refractivity contribution < 1.29 is 9.53 Å². The number of halogens is 1. The molecule has 2 unspecified atom stereocenters. The number of aromatic nitrogens is 2. The highest BCUT2D eigenvalue weighted by Gasteiger charge is 2.47. The van der Waals surface area contributed by atoms with E-state index in [1.54, 1.807) is 0 Å². The minimum atomic E-state index is -0.500. The third-order valence-electron chi connectivity index (χ3n) is 5.76. The predicted molar refractivity (Wildman–Crippen MR) is 113 cm³/mol. The maximum atomic E-state index is 13.1. The van der Waals surface area contributed by atoms with Crippen molar-refractivity contribution in [1.29, 1.82) is 0 Å². The summed E-state index contributed by atoms with van der Waals surface area (Å²) in [6, 6.07) is 8.37. The van der Waals surface area contributed by atoms with E-state index in [0.29, 0.717) is 5.92 Å². The predicted octanol–water partition coefficient (Wildman–Crippen LogP) is 6.08. The van der Waals surface area contributed by atoms with Crippen LogP contribution in [0.2, 0.25) is 0 Å². The molecule has 0 bridgehead atoms. The summed E-state index contributed by atoms with van der Waals surface area (Å²) >= 11 is 3.48. The number of nitrogens with one attached hydrogen (secondary N) is 1. The van der Waals surface area contributed by atoms with Gasteiger partial charge in [0.05, 0.1) is 17.9 Å². The third kappa shape index (κ3) is 3.97. The second kappa shape index (κ2) is 7.54. The van der Waals surface area contributed by atoms with Crippen LogP contribution in [-0.2, 0) is 4.74 Å². The first-order valence-electron chi connectivity index (χ1n) is 10.1. The van der Waals surface area contributed by atoms with Gasteiger partial charge in [0.15, 0.2) is 0 Å². The molecular weight excluding hydrogens is 418 g/mol. The van der Waals surface area contributed by atoms with Gasteiger partial charge in [-0.1, -0.05) is 40.9 Å². The van der Waals surface area contributed by atoms with Crippen LogP contribution in [0.4, 0.5) is 4.79 Å². The number of H-pyrrole nitrogens is 1. The molecule has 2 aromatic rings. The van der Waals surface area contributed by atoms with Gasteiger partial charge in [-0.25, -0.2) is 9.78 Å². The van der Waals surface area contributed by atoms with E-state index in [1.807, 2.05) is 44.0 Å². The number of carbonyl (C=O) groups excluding carboxylic acids is 1. The van der Waals surface area contributed by atoms with Gasteiger partial charge in [-0.3, -0.25) is 4.90 Å². The first kappa shape index (κ1) is 19.5. The quantitative estimate of drug-likeness (QED) is 0.608. The summed E-state index contributed by atoms with van der Waals surface area (Å²) < 4.78 is 6.82. The van der Waals surface area contributed by atoms with E-state index >= 15 is 0 Å². The Labute approximate surface area is 175 Å². The van der Waals surface area contributed by atoms with Crippen LogP contribution < -0.4 is 0 Å². The number of fused-ring (bicyclic) bond motifs is 1. The average molecular weight is 446 g/mol. The second-order valence-corrected chi connectivity index (χ2v) is 9.86. The number of aromatic amines is 1. The lowest BCUT2D eigenvalue weighted by Crippen LogP contribution is -2.43. The van der Waals surface area contributed by atoms with Crippen LogP contribution in [0.15, 0.2) is 34.9 Å². The van der Waals surface area contributed by atoms with E-state index in [1.165, 1.54) is 19.3 Å². The Hall–Kier alpha value is -1.82. The first-order chi connectivity index (χ1) is 13.3. The molecule has 1 aliphatic heterocycles. The molecule has 1 aliphatic carbocycles. The molecule has 6 heteroatoms. The highest BCUT2D eigenvalue weighted by Crippen LogP contribution is 2.46. The number of rotatable bonds is 2. The molecular formula is C22H28BrN3O2. The van der Waals surface area contributed by atoms with E-state index in [-0.39, 0.29) is 18.2 Å². The van der Waals surface area contributed by atoms with E-state index in [9.17, 15) is 4.79 Å². The maximum absolute atomic E-state index is 13.1. The largest absolute Gasteiger partial charge is 0.444 e.